The Morgan fingerprint density at radius 3 is 2.57 bits per heavy atom. The van der Waals surface area contributed by atoms with Gasteiger partial charge in [-0.15, -0.1) is 0 Å². The molecular formula is C12H20F2N4O2S. The molecule has 120 valence electrons. The SMILES string of the molecule is CN(Cc1nccn1C(F)F)C1CCN(S(C)(=O)=O)CC1. The first-order chi connectivity index (χ1) is 9.79. The molecular weight excluding hydrogens is 302 g/mol. The minimum atomic E-state index is -3.14. The third kappa shape index (κ3) is 3.98. The Kier molecular flexibility index (Phi) is 4.95. The normalized spacial score (nSPS) is 18.8. The fraction of sp³-hybridized carbons (Fsp3) is 0.750. The third-order valence-electron chi connectivity index (χ3n) is 3.87. The van der Waals surface area contributed by atoms with Gasteiger partial charge in [-0.05, 0) is 19.9 Å². The summed E-state index contributed by atoms with van der Waals surface area (Å²) in [5.41, 5.74) is 0. The zero-order valence-electron chi connectivity index (χ0n) is 12.1. The predicted octanol–water partition coefficient (Wildman–Crippen LogP) is 1.13. The van der Waals surface area contributed by atoms with E-state index in [-0.39, 0.29) is 6.04 Å². The summed E-state index contributed by atoms with van der Waals surface area (Å²) in [4.78, 5) is 5.92. The van der Waals surface area contributed by atoms with E-state index in [2.05, 4.69) is 4.98 Å². The molecule has 0 amide bonds. The van der Waals surface area contributed by atoms with Crippen LogP contribution in [0.3, 0.4) is 0 Å². The Bertz CT molecular complexity index is 568. The number of hydrogen-bond acceptors (Lipinski definition) is 4. The van der Waals surface area contributed by atoms with Crippen molar-refractivity contribution in [2.45, 2.75) is 32.0 Å². The molecule has 1 aliphatic heterocycles. The highest BCUT2D eigenvalue weighted by Gasteiger charge is 2.27. The van der Waals surface area contributed by atoms with Gasteiger partial charge in [-0.25, -0.2) is 17.7 Å². The van der Waals surface area contributed by atoms with Crippen LogP contribution in [-0.4, -0.2) is 59.6 Å². The molecule has 0 spiro atoms. The van der Waals surface area contributed by atoms with Gasteiger partial charge >= 0.3 is 6.55 Å². The number of alkyl halides is 2. The van der Waals surface area contributed by atoms with Crippen molar-refractivity contribution in [2.24, 2.45) is 0 Å². The highest BCUT2D eigenvalue weighted by Crippen LogP contribution is 2.20. The zero-order chi connectivity index (χ0) is 15.6. The summed E-state index contributed by atoms with van der Waals surface area (Å²) < 4.78 is 50.7. The molecule has 1 saturated heterocycles. The van der Waals surface area contributed by atoms with E-state index >= 15 is 0 Å². The Labute approximate surface area is 123 Å². The Morgan fingerprint density at radius 1 is 1.43 bits per heavy atom. The summed E-state index contributed by atoms with van der Waals surface area (Å²) >= 11 is 0. The van der Waals surface area contributed by atoms with Crippen LogP contribution in [0.5, 0.6) is 0 Å². The van der Waals surface area contributed by atoms with E-state index < -0.39 is 16.6 Å². The minimum Gasteiger partial charge on any atom is -0.296 e. The van der Waals surface area contributed by atoms with E-state index in [4.69, 9.17) is 0 Å². The quantitative estimate of drug-likeness (QED) is 0.815. The van der Waals surface area contributed by atoms with E-state index in [0.717, 1.165) is 4.57 Å². The summed E-state index contributed by atoms with van der Waals surface area (Å²) in [5.74, 6) is 0.318. The fourth-order valence-electron chi connectivity index (χ4n) is 2.61. The molecule has 0 N–H and O–H groups in total. The first-order valence-electron chi connectivity index (χ1n) is 6.74. The number of hydrogen-bond donors (Lipinski definition) is 0. The molecule has 1 aromatic rings. The number of piperidine rings is 1. The standard InChI is InChI=1S/C12H20F2N4O2S/c1-16(9-11-15-5-8-18(11)12(13)14)10-3-6-17(7-4-10)21(2,19)20/h5,8,10,12H,3-4,6-7,9H2,1-2H3. The van der Waals surface area contributed by atoms with Gasteiger partial charge in [-0.1, -0.05) is 0 Å². The van der Waals surface area contributed by atoms with E-state index in [9.17, 15) is 17.2 Å². The molecule has 1 aliphatic rings. The van der Waals surface area contributed by atoms with E-state index in [1.807, 2.05) is 11.9 Å². The second-order valence-corrected chi connectivity index (χ2v) is 7.32. The number of halogens is 2. The van der Waals surface area contributed by atoms with Gasteiger partial charge in [-0.2, -0.15) is 8.78 Å². The Morgan fingerprint density at radius 2 is 2.05 bits per heavy atom. The van der Waals surface area contributed by atoms with Crippen molar-refractivity contribution in [3.63, 3.8) is 0 Å². The molecule has 2 rings (SSSR count). The molecule has 0 aliphatic carbocycles. The van der Waals surface area contributed by atoms with Crippen LogP contribution < -0.4 is 0 Å². The molecule has 0 aromatic carbocycles. The highest BCUT2D eigenvalue weighted by atomic mass is 32.2. The van der Waals surface area contributed by atoms with E-state index in [1.54, 1.807) is 0 Å². The summed E-state index contributed by atoms with van der Waals surface area (Å²) in [6, 6.07) is 0.172. The fourth-order valence-corrected chi connectivity index (χ4v) is 3.48. The van der Waals surface area contributed by atoms with Crippen molar-refractivity contribution in [1.29, 1.82) is 0 Å². The Hall–Kier alpha value is -1.06. The molecule has 0 unspecified atom stereocenters. The highest BCUT2D eigenvalue weighted by molar-refractivity contribution is 7.88. The van der Waals surface area contributed by atoms with Gasteiger partial charge in [0.1, 0.15) is 5.82 Å². The molecule has 2 heterocycles. The van der Waals surface area contributed by atoms with Crippen LogP contribution in [0.15, 0.2) is 12.4 Å². The maximum absolute atomic E-state index is 12.8. The van der Waals surface area contributed by atoms with Crippen LogP contribution in [-0.2, 0) is 16.6 Å². The molecule has 21 heavy (non-hydrogen) atoms. The smallest absolute Gasteiger partial charge is 0.296 e. The van der Waals surface area contributed by atoms with Crippen LogP contribution in [0.25, 0.3) is 0 Å². The second-order valence-electron chi connectivity index (χ2n) is 5.34. The van der Waals surface area contributed by atoms with Crippen LogP contribution in [0, 0.1) is 0 Å². The molecule has 9 heteroatoms. The first kappa shape index (κ1) is 16.3. The average molecular weight is 322 g/mol. The number of sulfonamides is 1. The van der Waals surface area contributed by atoms with Crippen molar-refractivity contribution in [3.8, 4) is 0 Å². The summed E-state index contributed by atoms with van der Waals surface area (Å²) in [6.07, 6.45) is 5.22. The van der Waals surface area contributed by atoms with E-state index in [1.165, 1.54) is 23.0 Å². The van der Waals surface area contributed by atoms with Gasteiger partial charge in [0.05, 0.1) is 12.8 Å². The topological polar surface area (TPSA) is 58.4 Å². The molecule has 1 fully saturated rings. The van der Waals surface area contributed by atoms with Crippen LogP contribution in [0.2, 0.25) is 0 Å². The second kappa shape index (κ2) is 6.37. The van der Waals surface area contributed by atoms with Crippen LogP contribution in [0.1, 0.15) is 25.2 Å². The lowest BCUT2D eigenvalue weighted by Crippen LogP contribution is -2.45. The Balaban J connectivity index is 1.93. The lowest BCUT2D eigenvalue weighted by atomic mass is 10.1. The molecule has 1 aromatic heterocycles. The van der Waals surface area contributed by atoms with E-state index in [0.29, 0.717) is 38.3 Å². The number of rotatable bonds is 5. The maximum atomic E-state index is 12.8. The number of imidazole rings is 1. The lowest BCUT2D eigenvalue weighted by Gasteiger charge is -2.35. The maximum Gasteiger partial charge on any atom is 0.319 e. The lowest BCUT2D eigenvalue weighted by molar-refractivity contribution is 0.0620. The third-order valence-corrected chi connectivity index (χ3v) is 5.17. The van der Waals surface area contributed by atoms with Crippen LogP contribution in [0.4, 0.5) is 8.78 Å². The monoisotopic (exact) mass is 322 g/mol. The van der Waals surface area contributed by atoms with Gasteiger partial charge < -0.3 is 0 Å². The largest absolute Gasteiger partial charge is 0.319 e. The van der Waals surface area contributed by atoms with Gasteiger partial charge in [0.2, 0.25) is 10.0 Å². The average Bonchev–Trinajstić information content (AvgIpc) is 2.86. The van der Waals surface area contributed by atoms with Gasteiger partial charge in [0.15, 0.2) is 0 Å². The number of nitrogens with zero attached hydrogens (tertiary/aromatic N) is 4. The number of aromatic nitrogens is 2. The molecule has 0 atom stereocenters. The predicted molar refractivity (Wildman–Crippen MR) is 74.4 cm³/mol. The molecule has 6 nitrogen and oxygen atoms in total. The molecule has 0 radical (unpaired) electrons. The van der Waals surface area contributed by atoms with Gasteiger partial charge in [0.25, 0.3) is 0 Å². The molecule has 0 saturated carbocycles. The van der Waals surface area contributed by atoms with Crippen molar-refractivity contribution in [2.75, 3.05) is 26.4 Å². The minimum absolute atomic E-state index is 0.172. The van der Waals surface area contributed by atoms with Crippen LogP contribution >= 0.6 is 0 Å². The van der Waals surface area contributed by atoms with Crippen molar-refractivity contribution >= 4 is 10.0 Å². The van der Waals surface area contributed by atoms with Gasteiger partial charge in [-0.3, -0.25) is 9.47 Å². The van der Waals surface area contributed by atoms with Crippen molar-refractivity contribution in [1.82, 2.24) is 18.8 Å². The molecule has 0 bridgehead atoms. The summed E-state index contributed by atoms with van der Waals surface area (Å²) in [6.45, 7) is -1.34. The zero-order valence-corrected chi connectivity index (χ0v) is 12.9. The summed E-state index contributed by atoms with van der Waals surface area (Å²) in [7, 11) is -1.29. The first-order valence-corrected chi connectivity index (χ1v) is 8.59. The van der Waals surface area contributed by atoms with Crippen molar-refractivity contribution in [3.05, 3.63) is 18.2 Å². The van der Waals surface area contributed by atoms with Crippen molar-refractivity contribution < 1.29 is 17.2 Å². The summed E-state index contributed by atoms with van der Waals surface area (Å²) in [5, 5.41) is 0. The van der Waals surface area contributed by atoms with Gasteiger partial charge in [0, 0.05) is 31.5 Å².